The van der Waals surface area contributed by atoms with Crippen LogP contribution in [0.3, 0.4) is 0 Å². The van der Waals surface area contributed by atoms with Gasteiger partial charge in [-0.2, -0.15) is 0 Å². The molecule has 0 bridgehead atoms. The molecule has 0 unspecified atom stereocenters. The van der Waals surface area contributed by atoms with Crippen molar-refractivity contribution in [2.75, 3.05) is 6.61 Å². The maximum absolute atomic E-state index is 5.88. The number of benzene rings is 3. The highest BCUT2D eigenvalue weighted by Crippen LogP contribution is 2.22. The van der Waals surface area contributed by atoms with E-state index in [2.05, 4.69) is 36.1 Å². The van der Waals surface area contributed by atoms with Gasteiger partial charge in [-0.3, -0.25) is 0 Å². The van der Waals surface area contributed by atoms with Gasteiger partial charge < -0.3 is 4.74 Å². The second-order valence-electron chi connectivity index (χ2n) is 5.29. The van der Waals surface area contributed by atoms with Gasteiger partial charge in [0.15, 0.2) is 0 Å². The van der Waals surface area contributed by atoms with E-state index in [9.17, 15) is 0 Å². The van der Waals surface area contributed by atoms with Crippen LogP contribution in [0.2, 0.25) is 5.02 Å². The summed E-state index contributed by atoms with van der Waals surface area (Å²) in [6.07, 6.45) is 0. The van der Waals surface area contributed by atoms with E-state index in [1.165, 1.54) is 0 Å². The molecule has 0 aromatic heterocycles. The van der Waals surface area contributed by atoms with Crippen LogP contribution < -0.4 is 4.74 Å². The first kappa shape index (κ1) is 16.2. The van der Waals surface area contributed by atoms with Crippen LogP contribution in [0.25, 0.3) is 11.1 Å². The predicted octanol–water partition coefficient (Wildman–Crippen LogP) is 5.81. The van der Waals surface area contributed by atoms with E-state index in [4.69, 9.17) is 16.3 Å². The van der Waals surface area contributed by atoms with Crippen molar-refractivity contribution in [2.24, 2.45) is 0 Å². The molecule has 2 heteroatoms. The third kappa shape index (κ3) is 4.19. The van der Waals surface area contributed by atoms with E-state index < -0.39 is 0 Å². The molecule has 0 N–H and O–H groups in total. The Labute approximate surface area is 147 Å². The molecule has 0 aliphatic rings. The normalized spacial score (nSPS) is 9.92. The van der Waals surface area contributed by atoms with Crippen molar-refractivity contribution in [1.29, 1.82) is 0 Å². The highest BCUT2D eigenvalue weighted by atomic mass is 35.5. The van der Waals surface area contributed by atoms with Gasteiger partial charge in [0.2, 0.25) is 0 Å². The second-order valence-corrected chi connectivity index (χ2v) is 5.73. The van der Waals surface area contributed by atoms with E-state index in [-0.39, 0.29) is 0 Å². The van der Waals surface area contributed by atoms with Crippen LogP contribution in [0.15, 0.2) is 72.8 Å². The highest BCUT2D eigenvalue weighted by molar-refractivity contribution is 6.30. The minimum atomic E-state index is 0.681. The molecular weight excluding hydrogens is 316 g/mol. The van der Waals surface area contributed by atoms with Crippen LogP contribution in [0.4, 0.5) is 0 Å². The molecule has 0 spiro atoms. The summed E-state index contributed by atoms with van der Waals surface area (Å²) in [7, 11) is 0. The molecule has 0 amide bonds. The minimum absolute atomic E-state index is 0.681. The topological polar surface area (TPSA) is 9.23 Å². The zero-order valence-corrected chi connectivity index (χ0v) is 14.2. The Hall–Kier alpha value is -2.69. The Balaban J connectivity index is 1.74. The number of hydrogen-bond donors (Lipinski definition) is 0. The van der Waals surface area contributed by atoms with Crippen LogP contribution in [0.5, 0.6) is 5.75 Å². The number of halogens is 1. The first-order valence-electron chi connectivity index (χ1n) is 7.85. The van der Waals surface area contributed by atoms with Gasteiger partial charge in [-0.25, -0.2) is 0 Å². The van der Waals surface area contributed by atoms with Crippen LogP contribution >= 0.6 is 11.6 Å². The van der Waals surface area contributed by atoms with Crippen LogP contribution in [-0.4, -0.2) is 6.61 Å². The zero-order valence-electron chi connectivity index (χ0n) is 13.4. The van der Waals surface area contributed by atoms with Gasteiger partial charge in [-0.15, -0.1) is 0 Å². The summed E-state index contributed by atoms with van der Waals surface area (Å²) < 4.78 is 5.47. The van der Waals surface area contributed by atoms with Crippen molar-refractivity contribution >= 4 is 11.6 Å². The first-order chi connectivity index (χ1) is 11.7. The minimum Gasteiger partial charge on any atom is -0.494 e. The third-order valence-electron chi connectivity index (χ3n) is 3.58. The summed E-state index contributed by atoms with van der Waals surface area (Å²) >= 11 is 5.88. The number of ether oxygens (including phenoxy) is 1. The van der Waals surface area contributed by atoms with Gasteiger partial charge >= 0.3 is 0 Å². The SMILES string of the molecule is CCOc1ccc(-c2ccc(C#Cc3ccc(Cl)cc3)cc2)cc1. The van der Waals surface area contributed by atoms with Crippen LogP contribution in [-0.2, 0) is 0 Å². The smallest absolute Gasteiger partial charge is 0.119 e. The lowest BCUT2D eigenvalue weighted by Gasteiger charge is -2.05. The van der Waals surface area contributed by atoms with Gasteiger partial charge in [0, 0.05) is 16.1 Å². The van der Waals surface area contributed by atoms with Crippen molar-refractivity contribution in [2.45, 2.75) is 6.92 Å². The lowest BCUT2D eigenvalue weighted by molar-refractivity contribution is 0.340. The standard InChI is InChI=1S/C22H17ClO/c1-2-24-22-15-11-20(12-16-22)19-9-5-17(6-10-19)3-4-18-7-13-21(23)14-8-18/h5-16H,2H2,1H3. The third-order valence-corrected chi connectivity index (χ3v) is 3.83. The molecule has 0 aliphatic carbocycles. The largest absolute Gasteiger partial charge is 0.494 e. The Morgan fingerprint density at radius 2 is 1.17 bits per heavy atom. The van der Waals surface area contributed by atoms with Crippen LogP contribution in [0, 0.1) is 11.8 Å². The second kappa shape index (κ2) is 7.73. The zero-order chi connectivity index (χ0) is 16.8. The van der Waals surface area contributed by atoms with E-state index >= 15 is 0 Å². The fraction of sp³-hybridized carbons (Fsp3) is 0.0909. The fourth-order valence-electron chi connectivity index (χ4n) is 2.33. The summed E-state index contributed by atoms with van der Waals surface area (Å²) in [5, 5.41) is 0.722. The van der Waals surface area contributed by atoms with Crippen molar-refractivity contribution in [1.82, 2.24) is 0 Å². The number of hydrogen-bond acceptors (Lipinski definition) is 1. The molecule has 0 atom stereocenters. The van der Waals surface area contributed by atoms with Gasteiger partial charge in [-0.1, -0.05) is 47.7 Å². The van der Waals surface area contributed by atoms with E-state index in [0.717, 1.165) is 33.0 Å². The fourth-order valence-corrected chi connectivity index (χ4v) is 2.46. The lowest BCUT2D eigenvalue weighted by atomic mass is 10.0. The summed E-state index contributed by atoms with van der Waals surface area (Å²) in [6.45, 7) is 2.66. The average molecular weight is 333 g/mol. The predicted molar refractivity (Wildman–Crippen MR) is 100 cm³/mol. The van der Waals surface area contributed by atoms with E-state index in [1.807, 2.05) is 55.5 Å². The van der Waals surface area contributed by atoms with Crippen LogP contribution in [0.1, 0.15) is 18.1 Å². The maximum Gasteiger partial charge on any atom is 0.119 e. The van der Waals surface area contributed by atoms with Crippen molar-refractivity contribution < 1.29 is 4.74 Å². The summed E-state index contributed by atoms with van der Waals surface area (Å²) in [6, 6.07) is 23.9. The molecule has 0 fully saturated rings. The van der Waals surface area contributed by atoms with Crippen molar-refractivity contribution in [3.8, 4) is 28.7 Å². The molecule has 0 radical (unpaired) electrons. The molecule has 3 rings (SSSR count). The molecular formula is C22H17ClO. The monoisotopic (exact) mass is 332 g/mol. The quantitative estimate of drug-likeness (QED) is 0.550. The Bertz CT molecular complexity index is 851. The molecule has 1 nitrogen and oxygen atoms in total. The number of rotatable bonds is 3. The van der Waals surface area contributed by atoms with E-state index in [1.54, 1.807) is 0 Å². The molecule has 24 heavy (non-hydrogen) atoms. The van der Waals surface area contributed by atoms with E-state index in [0.29, 0.717) is 6.61 Å². The Kier molecular flexibility index (Phi) is 5.21. The molecule has 0 aliphatic heterocycles. The molecule has 3 aromatic rings. The molecule has 118 valence electrons. The summed E-state index contributed by atoms with van der Waals surface area (Å²) in [5.41, 5.74) is 4.26. The van der Waals surface area contributed by atoms with Gasteiger partial charge in [-0.05, 0) is 66.6 Å². The Morgan fingerprint density at radius 1 is 0.708 bits per heavy atom. The van der Waals surface area contributed by atoms with Crippen molar-refractivity contribution in [3.05, 3.63) is 88.9 Å². The van der Waals surface area contributed by atoms with Gasteiger partial charge in [0.25, 0.3) is 0 Å². The molecule has 0 saturated carbocycles. The molecule has 0 saturated heterocycles. The maximum atomic E-state index is 5.88. The Morgan fingerprint density at radius 3 is 1.67 bits per heavy atom. The van der Waals surface area contributed by atoms with Crippen molar-refractivity contribution in [3.63, 3.8) is 0 Å². The lowest BCUT2D eigenvalue weighted by Crippen LogP contribution is -1.90. The van der Waals surface area contributed by atoms with Gasteiger partial charge in [0.05, 0.1) is 6.61 Å². The molecule has 0 heterocycles. The highest BCUT2D eigenvalue weighted by Gasteiger charge is 1.98. The van der Waals surface area contributed by atoms with Gasteiger partial charge in [0.1, 0.15) is 5.75 Å². The first-order valence-corrected chi connectivity index (χ1v) is 8.23. The molecule has 3 aromatic carbocycles. The summed E-state index contributed by atoms with van der Waals surface area (Å²) in [4.78, 5) is 0. The average Bonchev–Trinajstić information content (AvgIpc) is 2.63. The summed E-state index contributed by atoms with van der Waals surface area (Å²) in [5.74, 6) is 7.21.